The minimum atomic E-state index is -0.180. The summed E-state index contributed by atoms with van der Waals surface area (Å²) in [6, 6.07) is 3.98. The number of phenolic OH excluding ortho intramolecular Hbond substituents is 1. The molecule has 0 unspecified atom stereocenters. The van der Waals surface area contributed by atoms with E-state index >= 15 is 0 Å². The van der Waals surface area contributed by atoms with Crippen molar-refractivity contribution < 1.29 is 9.90 Å². The van der Waals surface area contributed by atoms with Crippen molar-refractivity contribution in [3.05, 3.63) is 58.2 Å². The number of phenols is 1. The van der Waals surface area contributed by atoms with Gasteiger partial charge in [0, 0.05) is 16.7 Å². The van der Waals surface area contributed by atoms with Gasteiger partial charge in [-0.1, -0.05) is 53.2 Å². The van der Waals surface area contributed by atoms with E-state index in [-0.39, 0.29) is 16.6 Å². The van der Waals surface area contributed by atoms with Gasteiger partial charge in [-0.3, -0.25) is 4.79 Å². The van der Waals surface area contributed by atoms with Crippen molar-refractivity contribution in [2.45, 2.75) is 59.3 Å². The van der Waals surface area contributed by atoms with Crippen LogP contribution in [0.15, 0.2) is 41.5 Å². The minimum Gasteiger partial charge on any atom is -0.507 e. The number of carbonyl (C=O) groups is 1. The number of allylic oxidation sites excluding steroid dienone is 5. The van der Waals surface area contributed by atoms with E-state index < -0.39 is 0 Å². The highest BCUT2D eigenvalue weighted by molar-refractivity contribution is 6.10. The van der Waals surface area contributed by atoms with Crippen molar-refractivity contribution in [2.24, 2.45) is 0 Å². The van der Waals surface area contributed by atoms with Crippen LogP contribution < -0.4 is 0 Å². The number of ketones is 1. The molecular formula is C22H28O2. The van der Waals surface area contributed by atoms with Crippen molar-refractivity contribution in [3.63, 3.8) is 0 Å². The SMILES string of the molecule is CC1=C/C(=C/c2cc(C(C)(C)C)c(O)c(C(C)(C)C)c2)C(=O)C=C1. The van der Waals surface area contributed by atoms with E-state index in [0.717, 1.165) is 22.3 Å². The Hall–Kier alpha value is -2.09. The molecule has 2 rings (SSSR count). The van der Waals surface area contributed by atoms with Crippen LogP contribution in [0.3, 0.4) is 0 Å². The first-order chi connectivity index (χ1) is 10.9. The van der Waals surface area contributed by atoms with Gasteiger partial charge < -0.3 is 5.11 Å². The van der Waals surface area contributed by atoms with Gasteiger partial charge in [0.25, 0.3) is 0 Å². The van der Waals surface area contributed by atoms with Crippen molar-refractivity contribution in [3.8, 4) is 5.75 Å². The van der Waals surface area contributed by atoms with Gasteiger partial charge in [0.2, 0.25) is 0 Å². The molecule has 0 amide bonds. The highest BCUT2D eigenvalue weighted by Gasteiger charge is 2.26. The van der Waals surface area contributed by atoms with E-state index in [1.807, 2.05) is 37.3 Å². The fraction of sp³-hybridized carbons (Fsp3) is 0.409. The molecule has 1 N–H and O–H groups in total. The minimum absolute atomic E-state index is 0.0169. The fourth-order valence-electron chi connectivity index (χ4n) is 2.84. The molecule has 0 radical (unpaired) electrons. The Bertz CT molecular complexity index is 725. The summed E-state index contributed by atoms with van der Waals surface area (Å²) in [5, 5.41) is 10.8. The van der Waals surface area contributed by atoms with Crippen LogP contribution in [-0.2, 0) is 15.6 Å². The summed E-state index contributed by atoms with van der Waals surface area (Å²) in [6.45, 7) is 14.5. The normalized spacial score (nSPS) is 17.4. The first-order valence-corrected chi connectivity index (χ1v) is 8.40. The standard InChI is InChI=1S/C22H28O2/c1-14-8-9-19(23)16(10-14)11-15-12-17(21(2,3)4)20(24)18(13-15)22(5,6)7/h8-13,24H,1-7H3/b16-11-. The zero-order chi connectivity index (χ0) is 18.3. The molecule has 1 aliphatic carbocycles. The lowest BCUT2D eigenvalue weighted by Gasteiger charge is -2.28. The van der Waals surface area contributed by atoms with E-state index in [1.165, 1.54) is 0 Å². The third-order valence-electron chi connectivity index (χ3n) is 4.24. The van der Waals surface area contributed by atoms with Crippen LogP contribution in [-0.4, -0.2) is 10.9 Å². The first-order valence-electron chi connectivity index (χ1n) is 8.40. The van der Waals surface area contributed by atoms with E-state index in [9.17, 15) is 9.90 Å². The van der Waals surface area contributed by atoms with Crippen LogP contribution in [0.25, 0.3) is 6.08 Å². The molecular weight excluding hydrogens is 296 g/mol. The van der Waals surface area contributed by atoms with E-state index in [0.29, 0.717) is 11.3 Å². The monoisotopic (exact) mass is 324 g/mol. The van der Waals surface area contributed by atoms with Crippen LogP contribution >= 0.6 is 0 Å². The Kier molecular flexibility index (Phi) is 4.63. The lowest BCUT2D eigenvalue weighted by Crippen LogP contribution is -2.17. The summed E-state index contributed by atoms with van der Waals surface area (Å²) in [5.74, 6) is 0.377. The summed E-state index contributed by atoms with van der Waals surface area (Å²) in [4.78, 5) is 12.1. The summed E-state index contributed by atoms with van der Waals surface area (Å²) in [5.41, 5.74) is 4.14. The first kappa shape index (κ1) is 18.3. The lowest BCUT2D eigenvalue weighted by molar-refractivity contribution is -0.111. The molecule has 0 aliphatic heterocycles. The quantitative estimate of drug-likeness (QED) is 0.697. The third kappa shape index (κ3) is 3.87. The highest BCUT2D eigenvalue weighted by Crippen LogP contribution is 2.40. The maximum atomic E-state index is 12.1. The number of carbonyl (C=O) groups excluding carboxylic acids is 1. The van der Waals surface area contributed by atoms with Gasteiger partial charge >= 0.3 is 0 Å². The number of hydrogen-bond donors (Lipinski definition) is 1. The van der Waals surface area contributed by atoms with Crippen molar-refractivity contribution >= 4 is 11.9 Å². The third-order valence-corrected chi connectivity index (χ3v) is 4.24. The Morgan fingerprint density at radius 2 is 1.42 bits per heavy atom. The van der Waals surface area contributed by atoms with Gasteiger partial charge in [0.15, 0.2) is 5.78 Å². The summed E-state index contributed by atoms with van der Waals surface area (Å²) < 4.78 is 0. The van der Waals surface area contributed by atoms with Gasteiger partial charge in [-0.2, -0.15) is 0 Å². The Morgan fingerprint density at radius 3 is 1.88 bits per heavy atom. The molecule has 0 spiro atoms. The summed E-state index contributed by atoms with van der Waals surface area (Å²) >= 11 is 0. The second-order valence-electron chi connectivity index (χ2n) is 8.65. The molecule has 128 valence electrons. The van der Waals surface area contributed by atoms with Gasteiger partial charge in [-0.25, -0.2) is 0 Å². The molecule has 24 heavy (non-hydrogen) atoms. The van der Waals surface area contributed by atoms with Crippen LogP contribution in [0.2, 0.25) is 0 Å². The number of aromatic hydroxyl groups is 1. The van der Waals surface area contributed by atoms with Gasteiger partial charge in [-0.05, 0) is 53.7 Å². The molecule has 0 fully saturated rings. The summed E-state index contributed by atoms with van der Waals surface area (Å²) in [7, 11) is 0. The van der Waals surface area contributed by atoms with Crippen LogP contribution in [0.4, 0.5) is 0 Å². The largest absolute Gasteiger partial charge is 0.507 e. The van der Waals surface area contributed by atoms with Crippen molar-refractivity contribution in [1.82, 2.24) is 0 Å². The number of hydrogen-bond acceptors (Lipinski definition) is 2. The highest BCUT2D eigenvalue weighted by atomic mass is 16.3. The Balaban J connectivity index is 2.68. The van der Waals surface area contributed by atoms with Crippen molar-refractivity contribution in [1.29, 1.82) is 0 Å². The molecule has 0 saturated heterocycles. The average molecular weight is 324 g/mol. The predicted octanol–water partition coefficient (Wildman–Crippen LogP) is 5.46. The van der Waals surface area contributed by atoms with Gasteiger partial charge in [-0.15, -0.1) is 0 Å². The molecule has 0 heterocycles. The maximum Gasteiger partial charge on any atom is 0.185 e. The Labute approximate surface area is 145 Å². The smallest absolute Gasteiger partial charge is 0.185 e. The zero-order valence-electron chi connectivity index (χ0n) is 15.8. The van der Waals surface area contributed by atoms with Gasteiger partial charge in [0.05, 0.1) is 0 Å². The molecule has 0 bridgehead atoms. The maximum absolute atomic E-state index is 12.1. The van der Waals surface area contributed by atoms with E-state index in [4.69, 9.17) is 0 Å². The second kappa shape index (κ2) is 6.08. The zero-order valence-corrected chi connectivity index (χ0v) is 15.8. The second-order valence-corrected chi connectivity index (χ2v) is 8.65. The molecule has 1 aliphatic rings. The van der Waals surface area contributed by atoms with E-state index in [1.54, 1.807) is 6.08 Å². The summed E-state index contributed by atoms with van der Waals surface area (Å²) in [6.07, 6.45) is 7.26. The number of benzene rings is 1. The van der Waals surface area contributed by atoms with Crippen LogP contribution in [0, 0.1) is 0 Å². The van der Waals surface area contributed by atoms with Crippen LogP contribution in [0.1, 0.15) is 65.2 Å². The Morgan fingerprint density at radius 1 is 0.917 bits per heavy atom. The molecule has 0 aromatic heterocycles. The average Bonchev–Trinajstić information content (AvgIpc) is 2.42. The number of rotatable bonds is 1. The molecule has 0 saturated carbocycles. The molecule has 2 nitrogen and oxygen atoms in total. The van der Waals surface area contributed by atoms with Crippen molar-refractivity contribution in [2.75, 3.05) is 0 Å². The lowest BCUT2D eigenvalue weighted by atomic mass is 9.78. The molecule has 0 atom stereocenters. The molecule has 1 aromatic rings. The van der Waals surface area contributed by atoms with Gasteiger partial charge in [0.1, 0.15) is 5.75 Å². The molecule has 2 heteroatoms. The fourth-order valence-corrected chi connectivity index (χ4v) is 2.84. The topological polar surface area (TPSA) is 37.3 Å². The van der Waals surface area contributed by atoms with E-state index in [2.05, 4.69) is 41.5 Å². The molecule has 1 aromatic carbocycles. The predicted molar refractivity (Wildman–Crippen MR) is 101 cm³/mol. The van der Waals surface area contributed by atoms with Crippen LogP contribution in [0.5, 0.6) is 5.75 Å².